The number of guanidine groups is 1. The number of carboxylic acids is 2. The lowest BCUT2D eigenvalue weighted by Crippen LogP contribution is -2.58. The number of imidazole rings is 1. The number of carbonyl (C=O) groups is 6. The highest BCUT2D eigenvalue weighted by molar-refractivity contribution is 5.95. The number of aromatic amines is 1. The van der Waals surface area contributed by atoms with Crippen LogP contribution in [0, 0.1) is 0 Å². The summed E-state index contributed by atoms with van der Waals surface area (Å²) in [5, 5.41) is 25.2. The number of aromatic nitrogens is 2. The number of nitrogens with two attached hydrogens (primary N) is 4. The second-order valence-electron chi connectivity index (χ2n) is 8.46. The summed E-state index contributed by atoms with van der Waals surface area (Å²) in [6.45, 7) is 0.110. The highest BCUT2D eigenvalue weighted by Gasteiger charge is 2.31. The Morgan fingerprint density at radius 1 is 0.923 bits per heavy atom. The van der Waals surface area contributed by atoms with Crippen LogP contribution in [0.3, 0.4) is 0 Å². The van der Waals surface area contributed by atoms with Gasteiger partial charge in [-0.25, -0.2) is 9.78 Å². The number of hydrogen-bond donors (Lipinski definition) is 10. The molecule has 39 heavy (non-hydrogen) atoms. The molecule has 18 heteroatoms. The van der Waals surface area contributed by atoms with E-state index < -0.39 is 66.2 Å². The summed E-state index contributed by atoms with van der Waals surface area (Å²) < 4.78 is 0. The van der Waals surface area contributed by atoms with Crippen LogP contribution in [0.4, 0.5) is 0 Å². The molecule has 1 rings (SSSR count). The molecule has 0 saturated heterocycles. The zero-order valence-corrected chi connectivity index (χ0v) is 21.0. The van der Waals surface area contributed by atoms with Crippen LogP contribution in [0.1, 0.15) is 37.8 Å². The summed E-state index contributed by atoms with van der Waals surface area (Å²) in [4.78, 5) is 82.5. The lowest BCUT2D eigenvalue weighted by atomic mass is 10.1. The van der Waals surface area contributed by atoms with Crippen molar-refractivity contribution in [1.29, 1.82) is 0 Å². The van der Waals surface area contributed by atoms with Gasteiger partial charge in [0.15, 0.2) is 5.96 Å². The third-order valence-corrected chi connectivity index (χ3v) is 5.22. The van der Waals surface area contributed by atoms with Gasteiger partial charge in [0.05, 0.1) is 18.8 Å². The fraction of sp³-hybridized carbons (Fsp3) is 0.524. The number of nitrogens with one attached hydrogen (secondary N) is 4. The Kier molecular flexibility index (Phi) is 13.4. The molecule has 0 aliphatic heterocycles. The molecule has 0 bridgehead atoms. The van der Waals surface area contributed by atoms with Crippen molar-refractivity contribution in [2.75, 3.05) is 6.54 Å². The van der Waals surface area contributed by atoms with Crippen molar-refractivity contribution in [2.24, 2.45) is 27.9 Å². The molecule has 0 spiro atoms. The fourth-order valence-electron chi connectivity index (χ4n) is 3.23. The van der Waals surface area contributed by atoms with E-state index in [4.69, 9.17) is 28.0 Å². The number of rotatable bonds is 18. The average Bonchev–Trinajstić information content (AvgIpc) is 3.35. The van der Waals surface area contributed by atoms with Crippen molar-refractivity contribution >= 4 is 41.5 Å². The monoisotopic (exact) mass is 554 g/mol. The number of aliphatic carboxylic acids is 2. The van der Waals surface area contributed by atoms with Crippen LogP contribution >= 0.6 is 0 Å². The molecule has 1 aromatic heterocycles. The molecule has 1 aromatic rings. The number of carboxylic acid groups (broad SMARTS) is 2. The van der Waals surface area contributed by atoms with E-state index in [2.05, 4.69) is 30.9 Å². The number of H-pyrrole nitrogens is 1. The third-order valence-electron chi connectivity index (χ3n) is 5.22. The van der Waals surface area contributed by atoms with E-state index in [-0.39, 0.29) is 44.6 Å². The quantitative estimate of drug-likeness (QED) is 0.0467. The number of nitrogens with zero attached hydrogens (tertiary/aromatic N) is 2. The smallest absolute Gasteiger partial charge is 0.326 e. The Hall–Kier alpha value is -4.74. The maximum Gasteiger partial charge on any atom is 0.326 e. The van der Waals surface area contributed by atoms with Crippen molar-refractivity contribution in [3.8, 4) is 0 Å². The Bertz CT molecular complexity index is 1040. The second-order valence-corrected chi connectivity index (χ2v) is 8.46. The van der Waals surface area contributed by atoms with E-state index in [0.29, 0.717) is 5.69 Å². The molecule has 4 atom stereocenters. The third kappa shape index (κ3) is 12.9. The van der Waals surface area contributed by atoms with Gasteiger partial charge in [0, 0.05) is 31.3 Å². The van der Waals surface area contributed by atoms with E-state index in [1.807, 2.05) is 0 Å². The second kappa shape index (κ2) is 16.2. The van der Waals surface area contributed by atoms with Gasteiger partial charge in [-0.05, 0) is 19.3 Å². The van der Waals surface area contributed by atoms with Gasteiger partial charge in [-0.3, -0.25) is 29.0 Å². The summed E-state index contributed by atoms with van der Waals surface area (Å²) in [5.41, 5.74) is 21.8. The van der Waals surface area contributed by atoms with Crippen LogP contribution in [0.15, 0.2) is 17.5 Å². The minimum atomic E-state index is -1.65. The van der Waals surface area contributed by atoms with Crippen molar-refractivity contribution in [3.63, 3.8) is 0 Å². The van der Waals surface area contributed by atoms with Gasteiger partial charge in [-0.1, -0.05) is 0 Å². The van der Waals surface area contributed by atoms with E-state index in [0.717, 1.165) is 0 Å². The molecule has 4 amide bonds. The van der Waals surface area contributed by atoms with Gasteiger partial charge in [-0.15, -0.1) is 0 Å². The molecular formula is C21H34N10O8. The van der Waals surface area contributed by atoms with Crippen LogP contribution in [0.2, 0.25) is 0 Å². The molecule has 0 aliphatic carbocycles. The molecule has 0 aromatic carbocycles. The predicted molar refractivity (Wildman–Crippen MR) is 134 cm³/mol. The van der Waals surface area contributed by atoms with Crippen LogP contribution in [0.5, 0.6) is 0 Å². The maximum atomic E-state index is 13.2. The Morgan fingerprint density at radius 3 is 2.08 bits per heavy atom. The Labute approximate surface area is 222 Å². The zero-order chi connectivity index (χ0) is 29.5. The van der Waals surface area contributed by atoms with Crippen LogP contribution < -0.4 is 38.9 Å². The van der Waals surface area contributed by atoms with Gasteiger partial charge >= 0.3 is 11.9 Å². The summed E-state index contributed by atoms with van der Waals surface area (Å²) in [6, 6.07) is -5.51. The molecule has 0 fully saturated rings. The van der Waals surface area contributed by atoms with Crippen molar-refractivity contribution in [3.05, 3.63) is 18.2 Å². The van der Waals surface area contributed by atoms with E-state index in [9.17, 15) is 33.9 Å². The van der Waals surface area contributed by atoms with E-state index in [1.165, 1.54) is 12.5 Å². The van der Waals surface area contributed by atoms with Crippen molar-refractivity contribution in [2.45, 2.75) is 62.7 Å². The molecule has 216 valence electrons. The predicted octanol–water partition coefficient (Wildman–Crippen LogP) is -4.39. The molecule has 0 radical (unpaired) electrons. The largest absolute Gasteiger partial charge is 0.481 e. The van der Waals surface area contributed by atoms with Crippen LogP contribution in [0.25, 0.3) is 0 Å². The topological polar surface area (TPSA) is 324 Å². The summed E-state index contributed by atoms with van der Waals surface area (Å²) in [7, 11) is 0. The molecule has 0 saturated carbocycles. The maximum absolute atomic E-state index is 13.2. The Balaban J connectivity index is 3.10. The van der Waals surface area contributed by atoms with Gasteiger partial charge < -0.3 is 54.1 Å². The number of primary amides is 1. The first-order valence-corrected chi connectivity index (χ1v) is 11.7. The molecule has 18 nitrogen and oxygen atoms in total. The first-order chi connectivity index (χ1) is 18.3. The van der Waals surface area contributed by atoms with Crippen LogP contribution in [-0.4, -0.2) is 92.4 Å². The van der Waals surface area contributed by atoms with Crippen LogP contribution in [-0.2, 0) is 35.2 Å². The minimum Gasteiger partial charge on any atom is -0.481 e. The zero-order valence-electron chi connectivity index (χ0n) is 21.0. The summed E-state index contributed by atoms with van der Waals surface area (Å²) >= 11 is 0. The number of aliphatic imine (C=N–C) groups is 1. The summed E-state index contributed by atoms with van der Waals surface area (Å²) in [5.74, 6) is -6.42. The normalized spacial score (nSPS) is 13.7. The molecular weight excluding hydrogens is 520 g/mol. The van der Waals surface area contributed by atoms with Gasteiger partial charge in [0.2, 0.25) is 23.6 Å². The number of hydrogen-bond acceptors (Lipinski definition) is 9. The van der Waals surface area contributed by atoms with Crippen molar-refractivity contribution < 1.29 is 39.0 Å². The lowest BCUT2D eigenvalue weighted by Gasteiger charge is -2.25. The molecule has 14 N–H and O–H groups in total. The van der Waals surface area contributed by atoms with Gasteiger partial charge in [-0.2, -0.15) is 0 Å². The first-order valence-electron chi connectivity index (χ1n) is 11.7. The first kappa shape index (κ1) is 32.3. The Morgan fingerprint density at radius 2 is 1.54 bits per heavy atom. The SMILES string of the molecule is NC(=O)CC(NC(=O)C(Cc1cnc[nH]1)NC(=O)C(CCCN=C(N)N)NC(=O)C(N)CCC(=O)O)C(=O)O. The fourth-order valence-corrected chi connectivity index (χ4v) is 3.23. The lowest BCUT2D eigenvalue weighted by molar-refractivity contribution is -0.143. The minimum absolute atomic E-state index is 0.00216. The molecule has 4 unspecified atom stereocenters. The van der Waals surface area contributed by atoms with Crippen molar-refractivity contribution in [1.82, 2.24) is 25.9 Å². The standard InChI is InChI=1S/C21H34N10O8/c22-11(3-4-16(33)34)17(35)29-12(2-1-5-27-21(24)25)18(36)30-13(6-10-8-26-9-28-10)19(37)31-14(20(38)39)7-15(23)32/h8-9,11-14H,1-7,22H2,(H2,23,32)(H,26,28)(H,29,35)(H,30,36)(H,31,37)(H,33,34)(H,38,39)(H4,24,25,27). The molecule has 0 aliphatic rings. The van der Waals surface area contributed by atoms with E-state index >= 15 is 0 Å². The highest BCUT2D eigenvalue weighted by atomic mass is 16.4. The molecule has 1 heterocycles. The van der Waals surface area contributed by atoms with Gasteiger partial charge in [0.1, 0.15) is 18.1 Å². The highest BCUT2D eigenvalue weighted by Crippen LogP contribution is 2.06. The van der Waals surface area contributed by atoms with Gasteiger partial charge in [0.25, 0.3) is 0 Å². The summed E-state index contributed by atoms with van der Waals surface area (Å²) in [6.07, 6.45) is 1.50. The number of amides is 4. The average molecular weight is 555 g/mol. The van der Waals surface area contributed by atoms with E-state index in [1.54, 1.807) is 0 Å². The number of carbonyl (C=O) groups excluding carboxylic acids is 4.